The third kappa shape index (κ3) is 2.03. The predicted octanol–water partition coefficient (Wildman–Crippen LogP) is -0.416. The number of pyridine rings is 1. The van der Waals surface area contributed by atoms with Crippen LogP contribution in [-0.2, 0) is 9.84 Å². The summed E-state index contributed by atoms with van der Waals surface area (Å²) < 4.78 is 22.2. The average molecular weight is 200 g/mol. The smallest absolute Gasteiger partial charge is 0.250 e. The minimum absolute atomic E-state index is 0.0301. The number of carbonyl (C=O) groups excluding carboxylic acids is 1. The number of rotatable bonds is 2. The fraction of sp³-hybridized carbons (Fsp3) is 0.143. The molecule has 0 aliphatic heterocycles. The summed E-state index contributed by atoms with van der Waals surface area (Å²) in [6, 6.07) is 1.28. The van der Waals surface area contributed by atoms with E-state index in [-0.39, 0.29) is 10.5 Å². The highest BCUT2D eigenvalue weighted by molar-refractivity contribution is 7.90. The van der Waals surface area contributed by atoms with Crippen molar-refractivity contribution in [2.45, 2.75) is 4.90 Å². The Balaban J connectivity index is 3.46. The van der Waals surface area contributed by atoms with Crippen molar-refractivity contribution in [1.82, 2.24) is 4.98 Å². The molecule has 0 aliphatic carbocycles. The lowest BCUT2D eigenvalue weighted by Crippen LogP contribution is -2.15. The van der Waals surface area contributed by atoms with Crippen LogP contribution in [0.25, 0.3) is 0 Å². The van der Waals surface area contributed by atoms with Gasteiger partial charge in [-0.15, -0.1) is 0 Å². The minimum Gasteiger partial charge on any atom is -0.366 e. The zero-order chi connectivity index (χ0) is 10.1. The second kappa shape index (κ2) is 3.14. The number of primary amides is 1. The molecule has 1 amide bonds. The number of amides is 1. The van der Waals surface area contributed by atoms with Crippen molar-refractivity contribution in [1.29, 1.82) is 0 Å². The number of carbonyl (C=O) groups is 1. The highest BCUT2D eigenvalue weighted by Crippen LogP contribution is 2.12. The Labute approximate surface area is 75.5 Å². The Morgan fingerprint density at radius 2 is 2.15 bits per heavy atom. The summed E-state index contributed by atoms with van der Waals surface area (Å²) in [4.78, 5) is 14.3. The van der Waals surface area contributed by atoms with Gasteiger partial charge in [-0.05, 0) is 6.07 Å². The molecule has 5 nitrogen and oxygen atoms in total. The van der Waals surface area contributed by atoms with E-state index in [2.05, 4.69) is 4.98 Å². The molecule has 1 aromatic rings. The van der Waals surface area contributed by atoms with Gasteiger partial charge in [0.05, 0.1) is 10.5 Å². The molecule has 1 heterocycles. The Bertz CT molecular complexity index is 439. The van der Waals surface area contributed by atoms with Crippen molar-refractivity contribution < 1.29 is 13.2 Å². The first kappa shape index (κ1) is 9.66. The van der Waals surface area contributed by atoms with Crippen LogP contribution >= 0.6 is 0 Å². The maximum absolute atomic E-state index is 11.1. The molecule has 0 saturated carbocycles. The van der Waals surface area contributed by atoms with Crippen molar-refractivity contribution in [3.05, 3.63) is 24.0 Å². The zero-order valence-electron chi connectivity index (χ0n) is 6.89. The highest BCUT2D eigenvalue weighted by Gasteiger charge is 2.16. The van der Waals surface area contributed by atoms with Gasteiger partial charge in [0.1, 0.15) is 0 Å². The van der Waals surface area contributed by atoms with Crippen LogP contribution < -0.4 is 5.73 Å². The van der Waals surface area contributed by atoms with Crippen molar-refractivity contribution in [3.63, 3.8) is 0 Å². The van der Waals surface area contributed by atoms with Crippen molar-refractivity contribution >= 4 is 15.7 Å². The van der Waals surface area contributed by atoms with Gasteiger partial charge in [0.25, 0.3) is 0 Å². The van der Waals surface area contributed by atoms with Gasteiger partial charge in [0, 0.05) is 18.6 Å². The second-order valence-electron chi connectivity index (χ2n) is 2.51. The van der Waals surface area contributed by atoms with E-state index in [1.54, 1.807) is 0 Å². The Hall–Kier alpha value is -1.43. The number of nitrogens with zero attached hydrogens (tertiary/aromatic N) is 1. The molecule has 1 rings (SSSR count). The van der Waals surface area contributed by atoms with E-state index in [1.807, 2.05) is 0 Å². The third-order valence-electron chi connectivity index (χ3n) is 1.45. The topological polar surface area (TPSA) is 90.1 Å². The van der Waals surface area contributed by atoms with Gasteiger partial charge in [-0.1, -0.05) is 0 Å². The summed E-state index contributed by atoms with van der Waals surface area (Å²) in [5.74, 6) is -0.775. The van der Waals surface area contributed by atoms with Crippen LogP contribution in [0.2, 0.25) is 0 Å². The van der Waals surface area contributed by atoms with Crippen LogP contribution in [0.5, 0.6) is 0 Å². The average Bonchev–Trinajstić information content (AvgIpc) is 2.03. The second-order valence-corrected chi connectivity index (χ2v) is 4.49. The molecule has 0 atom stereocenters. The van der Waals surface area contributed by atoms with E-state index in [0.717, 1.165) is 12.5 Å². The molecule has 70 valence electrons. The zero-order valence-corrected chi connectivity index (χ0v) is 7.71. The van der Waals surface area contributed by atoms with Crippen LogP contribution in [0.4, 0.5) is 0 Å². The van der Waals surface area contributed by atoms with Gasteiger partial charge >= 0.3 is 0 Å². The molecule has 0 unspecified atom stereocenters. The van der Waals surface area contributed by atoms with Crippen LogP contribution in [0, 0.1) is 0 Å². The van der Waals surface area contributed by atoms with Crippen molar-refractivity contribution in [2.24, 2.45) is 5.73 Å². The van der Waals surface area contributed by atoms with E-state index >= 15 is 0 Å². The van der Waals surface area contributed by atoms with E-state index in [0.29, 0.717) is 0 Å². The van der Waals surface area contributed by atoms with Gasteiger partial charge in [-0.25, -0.2) is 8.42 Å². The number of sulfone groups is 1. The predicted molar refractivity (Wildman–Crippen MR) is 45.9 cm³/mol. The summed E-state index contributed by atoms with van der Waals surface area (Å²) in [6.07, 6.45) is 3.42. The van der Waals surface area contributed by atoms with E-state index < -0.39 is 15.7 Å². The van der Waals surface area contributed by atoms with E-state index in [4.69, 9.17) is 5.73 Å². The Morgan fingerprint density at radius 1 is 1.54 bits per heavy atom. The fourth-order valence-electron chi connectivity index (χ4n) is 0.879. The highest BCUT2D eigenvalue weighted by atomic mass is 32.2. The van der Waals surface area contributed by atoms with Crippen LogP contribution in [0.15, 0.2) is 23.4 Å². The van der Waals surface area contributed by atoms with E-state index in [1.165, 1.54) is 12.3 Å². The first-order chi connectivity index (χ1) is 5.93. The maximum Gasteiger partial charge on any atom is 0.250 e. The Morgan fingerprint density at radius 3 is 2.54 bits per heavy atom. The molecule has 0 aromatic carbocycles. The molecule has 0 spiro atoms. The monoisotopic (exact) mass is 200 g/mol. The van der Waals surface area contributed by atoms with Crippen LogP contribution in [0.1, 0.15) is 10.4 Å². The molecule has 0 bridgehead atoms. The normalized spacial score (nSPS) is 11.2. The van der Waals surface area contributed by atoms with Crippen molar-refractivity contribution in [3.8, 4) is 0 Å². The number of hydrogen-bond donors (Lipinski definition) is 1. The first-order valence-electron chi connectivity index (χ1n) is 3.37. The lowest BCUT2D eigenvalue weighted by Gasteiger charge is -2.01. The lowest BCUT2D eigenvalue weighted by molar-refractivity contribution is 0.0997. The van der Waals surface area contributed by atoms with Gasteiger partial charge < -0.3 is 5.73 Å². The van der Waals surface area contributed by atoms with Crippen LogP contribution in [-0.4, -0.2) is 25.6 Å². The number of hydrogen-bond acceptors (Lipinski definition) is 4. The number of nitrogens with two attached hydrogens (primary N) is 1. The molecule has 0 radical (unpaired) electrons. The molecule has 13 heavy (non-hydrogen) atoms. The molecule has 0 saturated heterocycles. The summed E-state index contributed by atoms with van der Waals surface area (Å²) in [5, 5.41) is 0. The summed E-state index contributed by atoms with van der Waals surface area (Å²) in [7, 11) is -3.44. The van der Waals surface area contributed by atoms with Crippen molar-refractivity contribution in [2.75, 3.05) is 6.26 Å². The summed E-state index contributed by atoms with van der Waals surface area (Å²) in [5.41, 5.74) is 4.95. The molecule has 6 heteroatoms. The summed E-state index contributed by atoms with van der Waals surface area (Å²) in [6.45, 7) is 0. The van der Waals surface area contributed by atoms with Gasteiger partial charge in [0.15, 0.2) is 9.84 Å². The minimum atomic E-state index is -3.44. The third-order valence-corrected chi connectivity index (χ3v) is 2.57. The van der Waals surface area contributed by atoms with E-state index in [9.17, 15) is 13.2 Å². The van der Waals surface area contributed by atoms with Gasteiger partial charge in [0.2, 0.25) is 5.91 Å². The molecule has 1 aromatic heterocycles. The fourth-order valence-corrected chi connectivity index (χ4v) is 1.70. The molecule has 2 N–H and O–H groups in total. The molecular formula is C7H8N2O3S. The quantitative estimate of drug-likeness (QED) is 0.702. The first-order valence-corrected chi connectivity index (χ1v) is 5.26. The standard InChI is InChI=1S/C7H8N2O3S/c1-13(11,12)6-4-9-3-2-5(6)7(8)10/h2-4H,1H3,(H2,8,10). The summed E-state index contributed by atoms with van der Waals surface area (Å²) >= 11 is 0. The number of aromatic nitrogens is 1. The maximum atomic E-state index is 11.1. The SMILES string of the molecule is CS(=O)(=O)c1cnccc1C(N)=O. The lowest BCUT2D eigenvalue weighted by atomic mass is 10.2. The van der Waals surface area contributed by atoms with Gasteiger partial charge in [-0.3, -0.25) is 9.78 Å². The molecule has 0 fully saturated rings. The molecule has 0 aliphatic rings. The van der Waals surface area contributed by atoms with Crippen LogP contribution in [0.3, 0.4) is 0 Å². The molecular weight excluding hydrogens is 192 g/mol. The van der Waals surface area contributed by atoms with Gasteiger partial charge in [-0.2, -0.15) is 0 Å². The Kier molecular flexibility index (Phi) is 2.33. The largest absolute Gasteiger partial charge is 0.366 e.